The predicted octanol–water partition coefficient (Wildman–Crippen LogP) is 6.26. The summed E-state index contributed by atoms with van der Waals surface area (Å²) in [6, 6.07) is 5.52. The van der Waals surface area contributed by atoms with Crippen molar-refractivity contribution in [1.29, 1.82) is 0 Å². The van der Waals surface area contributed by atoms with Crippen molar-refractivity contribution in [1.82, 2.24) is 15.2 Å². The van der Waals surface area contributed by atoms with Crippen LogP contribution in [0.4, 0.5) is 17.6 Å². The fourth-order valence-corrected chi connectivity index (χ4v) is 4.49. The van der Waals surface area contributed by atoms with Crippen LogP contribution in [0.25, 0.3) is 0 Å². The summed E-state index contributed by atoms with van der Waals surface area (Å²) in [6.45, 7) is 10.9. The zero-order valence-corrected chi connectivity index (χ0v) is 19.6. The monoisotopic (exact) mass is 473 g/mol. The maximum atomic E-state index is 13.4. The van der Waals surface area contributed by atoms with Gasteiger partial charge < -0.3 is 5.32 Å². The first kappa shape index (κ1) is 26.1. The molecule has 0 radical (unpaired) electrons. The lowest BCUT2D eigenvalue weighted by molar-refractivity contribution is -0.137. The SMILES string of the molecule is CC(C)N(C(C)C)C(C)(Cl)c1ncc(C(F)(F)F)cc1C(=O)N[C@@H](C)c1ccc(F)cc1. The van der Waals surface area contributed by atoms with E-state index in [0.717, 1.165) is 6.07 Å². The summed E-state index contributed by atoms with van der Waals surface area (Å²) in [5.74, 6) is -1.19. The minimum absolute atomic E-state index is 0.0263. The Morgan fingerprint density at radius 1 is 1.06 bits per heavy atom. The molecular weight excluding hydrogens is 446 g/mol. The van der Waals surface area contributed by atoms with Crippen LogP contribution in [0.1, 0.15) is 74.8 Å². The second-order valence-electron chi connectivity index (χ2n) is 8.41. The molecule has 1 amide bonds. The molecule has 2 aromatic rings. The van der Waals surface area contributed by atoms with Crippen molar-refractivity contribution in [3.05, 3.63) is 64.7 Å². The van der Waals surface area contributed by atoms with Gasteiger partial charge >= 0.3 is 6.18 Å². The quantitative estimate of drug-likeness (QED) is 0.293. The minimum atomic E-state index is -4.68. The van der Waals surface area contributed by atoms with Gasteiger partial charge in [-0.15, -0.1) is 0 Å². The van der Waals surface area contributed by atoms with Crippen molar-refractivity contribution in [3.63, 3.8) is 0 Å². The molecule has 1 aromatic heterocycles. The molecule has 4 nitrogen and oxygen atoms in total. The summed E-state index contributed by atoms with van der Waals surface area (Å²) in [6.07, 6.45) is -3.99. The first-order valence-corrected chi connectivity index (χ1v) is 10.7. The summed E-state index contributed by atoms with van der Waals surface area (Å²) in [5.41, 5.74) is -0.689. The van der Waals surface area contributed by atoms with Gasteiger partial charge in [0.15, 0.2) is 0 Å². The Balaban J connectivity index is 2.54. The van der Waals surface area contributed by atoms with Gasteiger partial charge in [0, 0.05) is 18.3 Å². The summed E-state index contributed by atoms with van der Waals surface area (Å²) in [4.78, 5) is 17.7. The fourth-order valence-electron chi connectivity index (χ4n) is 3.95. The number of benzene rings is 1. The average molecular weight is 474 g/mol. The molecule has 0 spiro atoms. The molecule has 0 aliphatic rings. The number of pyridine rings is 1. The van der Waals surface area contributed by atoms with E-state index in [1.54, 1.807) is 13.8 Å². The molecule has 176 valence electrons. The van der Waals surface area contributed by atoms with Gasteiger partial charge in [-0.05, 0) is 65.3 Å². The van der Waals surface area contributed by atoms with Crippen LogP contribution in [0.5, 0.6) is 0 Å². The van der Waals surface area contributed by atoms with E-state index in [9.17, 15) is 22.4 Å². The highest BCUT2D eigenvalue weighted by Gasteiger charge is 2.41. The van der Waals surface area contributed by atoms with E-state index in [0.29, 0.717) is 11.8 Å². The molecule has 0 saturated carbocycles. The number of hydrogen-bond donors (Lipinski definition) is 1. The number of halogens is 5. The molecule has 0 saturated heterocycles. The number of hydrogen-bond acceptors (Lipinski definition) is 3. The van der Waals surface area contributed by atoms with E-state index in [-0.39, 0.29) is 23.3 Å². The molecule has 1 unspecified atom stereocenters. The Labute approximate surface area is 191 Å². The van der Waals surface area contributed by atoms with Crippen LogP contribution in [-0.2, 0) is 11.2 Å². The summed E-state index contributed by atoms with van der Waals surface area (Å²) < 4.78 is 53.4. The lowest BCUT2D eigenvalue weighted by atomic mass is 10.00. The molecule has 0 fully saturated rings. The van der Waals surface area contributed by atoms with Gasteiger partial charge in [-0.2, -0.15) is 13.2 Å². The Hall–Kier alpha value is -2.19. The van der Waals surface area contributed by atoms with Crippen LogP contribution < -0.4 is 5.32 Å². The van der Waals surface area contributed by atoms with Gasteiger partial charge in [0.05, 0.1) is 22.9 Å². The lowest BCUT2D eigenvalue weighted by Crippen LogP contribution is -2.49. The van der Waals surface area contributed by atoms with Gasteiger partial charge in [-0.25, -0.2) is 4.39 Å². The van der Waals surface area contributed by atoms with Crippen molar-refractivity contribution in [3.8, 4) is 0 Å². The van der Waals surface area contributed by atoms with Gasteiger partial charge in [0.25, 0.3) is 5.91 Å². The number of alkyl halides is 4. The first-order valence-electron chi connectivity index (χ1n) is 10.3. The van der Waals surface area contributed by atoms with Crippen molar-refractivity contribution < 1.29 is 22.4 Å². The van der Waals surface area contributed by atoms with Gasteiger partial charge in [-0.3, -0.25) is 14.7 Å². The molecule has 1 aromatic carbocycles. The van der Waals surface area contributed by atoms with Crippen LogP contribution >= 0.6 is 11.6 Å². The third-order valence-corrected chi connectivity index (χ3v) is 5.58. The highest BCUT2D eigenvalue weighted by Crippen LogP contribution is 2.39. The number of nitrogens with zero attached hydrogens (tertiary/aromatic N) is 2. The second kappa shape index (κ2) is 9.75. The van der Waals surface area contributed by atoms with Crippen molar-refractivity contribution in [2.24, 2.45) is 0 Å². The van der Waals surface area contributed by atoms with E-state index in [4.69, 9.17) is 11.6 Å². The van der Waals surface area contributed by atoms with Gasteiger partial charge in [0.1, 0.15) is 10.8 Å². The minimum Gasteiger partial charge on any atom is -0.345 e. The number of carbonyl (C=O) groups is 1. The number of carbonyl (C=O) groups excluding carboxylic acids is 1. The normalized spacial score (nSPS) is 15.2. The average Bonchev–Trinajstić information content (AvgIpc) is 2.66. The first-order chi connectivity index (χ1) is 14.7. The van der Waals surface area contributed by atoms with Crippen LogP contribution in [-0.4, -0.2) is 27.9 Å². The third kappa shape index (κ3) is 5.78. The Morgan fingerprint density at radius 2 is 1.59 bits per heavy atom. The summed E-state index contributed by atoms with van der Waals surface area (Å²) in [7, 11) is 0. The largest absolute Gasteiger partial charge is 0.417 e. The standard InChI is InChI=1S/C23H28ClF4N3O/c1-13(2)31(14(3)4)22(6,24)20-19(11-17(12-29-20)23(26,27)28)21(32)30-15(5)16-7-9-18(25)10-8-16/h7-15H,1-6H3,(H,30,32)/t15-,22?/m0/s1. The highest BCUT2D eigenvalue weighted by atomic mass is 35.5. The number of amides is 1. The van der Waals surface area contributed by atoms with Crippen LogP contribution in [0, 0.1) is 5.82 Å². The Kier molecular flexibility index (Phi) is 7.94. The molecule has 0 aliphatic carbocycles. The van der Waals surface area contributed by atoms with E-state index >= 15 is 0 Å². The number of rotatable bonds is 7. The van der Waals surface area contributed by atoms with Crippen LogP contribution in [0.15, 0.2) is 36.5 Å². The Bertz CT molecular complexity index is 935. The van der Waals surface area contributed by atoms with Crippen LogP contribution in [0.2, 0.25) is 0 Å². The molecule has 9 heteroatoms. The molecular formula is C23H28ClF4N3O. The second-order valence-corrected chi connectivity index (χ2v) is 9.15. The predicted molar refractivity (Wildman–Crippen MR) is 117 cm³/mol. The maximum absolute atomic E-state index is 13.4. The fraction of sp³-hybridized carbons (Fsp3) is 0.478. The molecule has 2 rings (SSSR count). The lowest BCUT2D eigenvalue weighted by Gasteiger charge is -2.42. The molecule has 32 heavy (non-hydrogen) atoms. The summed E-state index contributed by atoms with van der Waals surface area (Å²) >= 11 is 6.86. The van der Waals surface area contributed by atoms with Crippen molar-refractivity contribution in [2.75, 3.05) is 0 Å². The van der Waals surface area contributed by atoms with E-state index in [2.05, 4.69) is 10.3 Å². The molecule has 0 bridgehead atoms. The Morgan fingerprint density at radius 3 is 2.06 bits per heavy atom. The molecule has 2 atom stereocenters. The zero-order valence-electron chi connectivity index (χ0n) is 18.9. The van der Waals surface area contributed by atoms with Gasteiger partial charge in [0.2, 0.25) is 0 Å². The molecule has 1 heterocycles. The van der Waals surface area contributed by atoms with Crippen molar-refractivity contribution in [2.45, 2.75) is 70.8 Å². The number of nitrogens with one attached hydrogen (secondary N) is 1. The zero-order chi connectivity index (χ0) is 24.4. The van der Waals surface area contributed by atoms with Crippen LogP contribution in [0.3, 0.4) is 0 Å². The van der Waals surface area contributed by atoms with Crippen molar-refractivity contribution >= 4 is 17.5 Å². The molecule has 0 aliphatic heterocycles. The third-order valence-electron chi connectivity index (χ3n) is 5.21. The van der Waals surface area contributed by atoms with E-state index in [1.165, 1.54) is 24.3 Å². The molecule has 1 N–H and O–H groups in total. The van der Waals surface area contributed by atoms with E-state index < -0.39 is 34.5 Å². The highest BCUT2D eigenvalue weighted by molar-refractivity contribution is 6.24. The summed E-state index contributed by atoms with van der Waals surface area (Å²) in [5, 5.41) is 2.67. The maximum Gasteiger partial charge on any atom is 0.417 e. The van der Waals surface area contributed by atoms with E-state index in [1.807, 2.05) is 32.6 Å². The topological polar surface area (TPSA) is 45.2 Å². The number of aromatic nitrogens is 1. The van der Waals surface area contributed by atoms with Gasteiger partial charge in [-0.1, -0.05) is 23.7 Å². The smallest absolute Gasteiger partial charge is 0.345 e.